The molecule has 1 aromatic carbocycles. The largest absolute Gasteiger partial charge is 0.496 e. The number of carboxylic acid groups (broad SMARTS) is 1. The van der Waals surface area contributed by atoms with Gasteiger partial charge in [-0.25, -0.2) is 4.79 Å². The molecule has 0 atom stereocenters. The minimum atomic E-state index is -4.64. The maximum atomic E-state index is 12.4. The van der Waals surface area contributed by atoms with Crippen LogP contribution in [0.15, 0.2) is 12.1 Å². The zero-order valence-electron chi connectivity index (χ0n) is 8.13. The molecule has 16 heavy (non-hydrogen) atoms. The number of anilines is 1. The summed E-state index contributed by atoms with van der Waals surface area (Å²) in [4.78, 5) is 10.7. The third-order valence-electron chi connectivity index (χ3n) is 1.91. The summed E-state index contributed by atoms with van der Waals surface area (Å²) < 4.78 is 41.8. The molecule has 0 aliphatic heterocycles. The zero-order valence-corrected chi connectivity index (χ0v) is 8.13. The third kappa shape index (κ3) is 2.18. The van der Waals surface area contributed by atoms with Crippen molar-refractivity contribution in [2.24, 2.45) is 0 Å². The lowest BCUT2D eigenvalue weighted by Gasteiger charge is -2.13. The third-order valence-corrected chi connectivity index (χ3v) is 1.91. The number of hydrogen-bond acceptors (Lipinski definition) is 3. The molecule has 1 rings (SSSR count). The Morgan fingerprint density at radius 3 is 2.38 bits per heavy atom. The van der Waals surface area contributed by atoms with Gasteiger partial charge in [0.15, 0.2) is 0 Å². The van der Waals surface area contributed by atoms with E-state index in [0.717, 1.165) is 13.2 Å². The summed E-state index contributed by atoms with van der Waals surface area (Å²) in [5, 5.41) is 8.70. The average molecular weight is 235 g/mol. The second-order valence-corrected chi connectivity index (χ2v) is 2.94. The maximum Gasteiger partial charge on any atom is 0.418 e. The monoisotopic (exact) mass is 235 g/mol. The first-order valence-electron chi connectivity index (χ1n) is 4.05. The van der Waals surface area contributed by atoms with Gasteiger partial charge in [-0.2, -0.15) is 13.2 Å². The SMILES string of the molecule is COc1cc(C(F)(F)F)c(N)cc1C(=O)O. The van der Waals surface area contributed by atoms with Gasteiger partial charge in [0.1, 0.15) is 11.3 Å². The number of ether oxygens (including phenoxy) is 1. The highest BCUT2D eigenvalue weighted by Gasteiger charge is 2.34. The Labute approximate surface area is 88.4 Å². The van der Waals surface area contributed by atoms with Crippen LogP contribution in [0, 0.1) is 0 Å². The number of methoxy groups -OCH3 is 1. The molecule has 0 aliphatic carbocycles. The Balaban J connectivity index is 3.43. The fourth-order valence-electron chi connectivity index (χ4n) is 1.18. The molecule has 0 bridgehead atoms. The second-order valence-electron chi connectivity index (χ2n) is 2.94. The van der Waals surface area contributed by atoms with Crippen molar-refractivity contribution in [3.05, 3.63) is 23.3 Å². The van der Waals surface area contributed by atoms with Crippen LogP contribution in [0.4, 0.5) is 18.9 Å². The standard InChI is InChI=1S/C9H8F3NO3/c1-16-7-3-5(9(10,11)12)6(13)2-4(7)8(14)15/h2-3H,13H2,1H3,(H,14,15). The van der Waals surface area contributed by atoms with Crippen LogP contribution in [-0.4, -0.2) is 18.2 Å². The van der Waals surface area contributed by atoms with E-state index in [1.54, 1.807) is 0 Å². The van der Waals surface area contributed by atoms with Gasteiger partial charge in [0.2, 0.25) is 0 Å². The van der Waals surface area contributed by atoms with Crippen LogP contribution in [0.1, 0.15) is 15.9 Å². The molecule has 0 radical (unpaired) electrons. The molecule has 0 saturated heterocycles. The number of carboxylic acids is 1. The summed E-state index contributed by atoms with van der Waals surface area (Å²) in [6, 6.07) is 1.29. The van der Waals surface area contributed by atoms with Gasteiger partial charge in [0.25, 0.3) is 0 Å². The van der Waals surface area contributed by atoms with Crippen molar-refractivity contribution < 1.29 is 27.8 Å². The topological polar surface area (TPSA) is 72.5 Å². The number of halogens is 3. The Morgan fingerprint density at radius 1 is 1.44 bits per heavy atom. The number of hydrogen-bond donors (Lipinski definition) is 2. The van der Waals surface area contributed by atoms with Crippen molar-refractivity contribution in [1.29, 1.82) is 0 Å². The van der Waals surface area contributed by atoms with Crippen LogP contribution >= 0.6 is 0 Å². The fraction of sp³-hybridized carbons (Fsp3) is 0.222. The molecule has 0 fully saturated rings. The molecule has 7 heteroatoms. The van der Waals surface area contributed by atoms with Crippen LogP contribution in [-0.2, 0) is 6.18 Å². The van der Waals surface area contributed by atoms with Gasteiger partial charge >= 0.3 is 12.1 Å². The first-order valence-corrected chi connectivity index (χ1v) is 4.05. The van der Waals surface area contributed by atoms with Crippen molar-refractivity contribution in [1.82, 2.24) is 0 Å². The Kier molecular flexibility index (Phi) is 2.97. The number of nitrogen functional groups attached to an aromatic ring is 1. The normalized spacial score (nSPS) is 11.2. The highest BCUT2D eigenvalue weighted by Crippen LogP contribution is 2.37. The van der Waals surface area contributed by atoms with E-state index in [1.807, 2.05) is 0 Å². The predicted octanol–water partition coefficient (Wildman–Crippen LogP) is 1.99. The quantitative estimate of drug-likeness (QED) is 0.769. The number of benzene rings is 1. The van der Waals surface area contributed by atoms with Gasteiger partial charge in [-0.15, -0.1) is 0 Å². The van der Waals surface area contributed by atoms with Crippen molar-refractivity contribution in [3.8, 4) is 5.75 Å². The molecule has 0 aromatic heterocycles. The van der Waals surface area contributed by atoms with Crippen molar-refractivity contribution in [2.75, 3.05) is 12.8 Å². The minimum absolute atomic E-state index is 0.381. The number of carbonyl (C=O) groups is 1. The van der Waals surface area contributed by atoms with Gasteiger partial charge in [0.05, 0.1) is 12.7 Å². The van der Waals surface area contributed by atoms with Gasteiger partial charge < -0.3 is 15.6 Å². The zero-order chi connectivity index (χ0) is 12.5. The van der Waals surface area contributed by atoms with E-state index in [0.29, 0.717) is 6.07 Å². The molecule has 0 unspecified atom stereocenters. The van der Waals surface area contributed by atoms with Crippen LogP contribution < -0.4 is 10.5 Å². The highest BCUT2D eigenvalue weighted by molar-refractivity contribution is 5.92. The van der Waals surface area contributed by atoms with E-state index >= 15 is 0 Å². The summed E-state index contributed by atoms with van der Waals surface area (Å²) in [5.41, 5.74) is 2.96. The molecule has 0 heterocycles. The molecule has 1 aromatic rings. The molecule has 88 valence electrons. The number of rotatable bonds is 2. The molecule has 0 spiro atoms. The van der Waals surface area contributed by atoms with Crippen LogP contribution in [0.3, 0.4) is 0 Å². The highest BCUT2D eigenvalue weighted by atomic mass is 19.4. The minimum Gasteiger partial charge on any atom is -0.496 e. The second kappa shape index (κ2) is 3.92. The van der Waals surface area contributed by atoms with E-state index in [9.17, 15) is 18.0 Å². The summed E-state index contributed by atoms with van der Waals surface area (Å²) in [6.07, 6.45) is -4.64. The molecule has 0 aliphatic rings. The van der Waals surface area contributed by atoms with Crippen LogP contribution in [0.5, 0.6) is 5.75 Å². The number of aromatic carboxylic acids is 1. The lowest BCUT2D eigenvalue weighted by molar-refractivity contribution is -0.137. The van der Waals surface area contributed by atoms with Crippen LogP contribution in [0.25, 0.3) is 0 Å². The Bertz CT molecular complexity index is 429. The van der Waals surface area contributed by atoms with E-state index in [2.05, 4.69) is 4.74 Å². The van der Waals surface area contributed by atoms with E-state index in [-0.39, 0.29) is 5.75 Å². The van der Waals surface area contributed by atoms with Gasteiger partial charge in [-0.05, 0) is 12.1 Å². The van der Waals surface area contributed by atoms with Gasteiger partial charge in [-0.3, -0.25) is 0 Å². The number of alkyl halides is 3. The molecule has 0 amide bonds. The summed E-state index contributed by atoms with van der Waals surface area (Å²) in [6.45, 7) is 0. The van der Waals surface area contributed by atoms with Gasteiger partial charge in [0, 0.05) is 5.69 Å². The maximum absolute atomic E-state index is 12.4. The molecular weight excluding hydrogens is 227 g/mol. The summed E-state index contributed by atoms with van der Waals surface area (Å²) >= 11 is 0. The van der Waals surface area contributed by atoms with Crippen molar-refractivity contribution in [3.63, 3.8) is 0 Å². The van der Waals surface area contributed by atoms with E-state index in [1.165, 1.54) is 0 Å². The van der Waals surface area contributed by atoms with E-state index in [4.69, 9.17) is 10.8 Å². The fourth-order valence-corrected chi connectivity index (χ4v) is 1.18. The van der Waals surface area contributed by atoms with Crippen molar-refractivity contribution >= 4 is 11.7 Å². The molecular formula is C9H8F3NO3. The van der Waals surface area contributed by atoms with E-state index < -0.39 is 29.0 Å². The first-order chi connectivity index (χ1) is 7.27. The first kappa shape index (κ1) is 12.2. The van der Waals surface area contributed by atoms with Crippen molar-refractivity contribution in [2.45, 2.75) is 6.18 Å². The smallest absolute Gasteiger partial charge is 0.418 e. The average Bonchev–Trinajstić information content (AvgIpc) is 2.15. The molecule has 3 N–H and O–H groups in total. The molecule has 4 nitrogen and oxygen atoms in total. The molecule has 0 saturated carbocycles. The lowest BCUT2D eigenvalue weighted by Crippen LogP contribution is -2.11. The summed E-state index contributed by atoms with van der Waals surface area (Å²) in [5.74, 6) is -1.79. The lowest BCUT2D eigenvalue weighted by atomic mass is 10.1. The van der Waals surface area contributed by atoms with Crippen LogP contribution in [0.2, 0.25) is 0 Å². The Hall–Kier alpha value is -1.92. The number of nitrogens with two attached hydrogens (primary N) is 1. The Morgan fingerprint density at radius 2 is 2.00 bits per heavy atom. The van der Waals surface area contributed by atoms with Gasteiger partial charge in [-0.1, -0.05) is 0 Å². The summed E-state index contributed by atoms with van der Waals surface area (Å²) in [7, 11) is 1.08. The predicted molar refractivity (Wildman–Crippen MR) is 49.4 cm³/mol.